The first kappa shape index (κ1) is 20.6. The Morgan fingerprint density at radius 2 is 1.80 bits per heavy atom. The van der Waals surface area contributed by atoms with Crippen LogP contribution in [0.15, 0.2) is 53.7 Å². The molecule has 0 unspecified atom stereocenters. The van der Waals surface area contributed by atoms with Crippen LogP contribution in [0, 0.1) is 17.1 Å². The van der Waals surface area contributed by atoms with Gasteiger partial charge in [-0.1, -0.05) is 36.4 Å². The number of piperidine rings is 1. The fraction of sp³-hybridized carbons (Fsp3) is 0.348. The Kier molecular flexibility index (Phi) is 6.46. The average Bonchev–Trinajstić information content (AvgIpc) is 3.22. The average molecular weight is 422 g/mol. The van der Waals surface area contributed by atoms with Crippen LogP contribution in [0.2, 0.25) is 0 Å². The number of nitrogens with zero attached hydrogens (tertiary/aromatic N) is 5. The molecule has 5 nitrogen and oxygen atoms in total. The first-order valence-electron chi connectivity index (χ1n) is 10.2. The Bertz CT molecular complexity index is 1030. The van der Waals surface area contributed by atoms with Crippen LogP contribution in [0.4, 0.5) is 4.39 Å². The second kappa shape index (κ2) is 9.41. The van der Waals surface area contributed by atoms with Crippen molar-refractivity contribution in [3.05, 3.63) is 71.3 Å². The van der Waals surface area contributed by atoms with E-state index in [-0.39, 0.29) is 11.9 Å². The number of likely N-dealkylation sites (tertiary alicyclic amines) is 1. The number of benzene rings is 2. The van der Waals surface area contributed by atoms with Crippen LogP contribution in [0.5, 0.6) is 0 Å². The summed E-state index contributed by atoms with van der Waals surface area (Å²) in [5.41, 5.74) is 2.47. The van der Waals surface area contributed by atoms with E-state index >= 15 is 0 Å². The Labute approximate surface area is 180 Å². The summed E-state index contributed by atoms with van der Waals surface area (Å²) < 4.78 is 15.6. The van der Waals surface area contributed by atoms with Crippen LogP contribution >= 0.6 is 11.8 Å². The van der Waals surface area contributed by atoms with Crippen LogP contribution in [0.25, 0.3) is 5.69 Å². The van der Waals surface area contributed by atoms with E-state index in [0.717, 1.165) is 35.3 Å². The van der Waals surface area contributed by atoms with Gasteiger partial charge in [0.1, 0.15) is 5.82 Å². The van der Waals surface area contributed by atoms with Gasteiger partial charge in [0.15, 0.2) is 11.0 Å². The van der Waals surface area contributed by atoms with Gasteiger partial charge >= 0.3 is 0 Å². The summed E-state index contributed by atoms with van der Waals surface area (Å²) in [6.07, 6.45) is 3.66. The summed E-state index contributed by atoms with van der Waals surface area (Å²) in [6, 6.07) is 16.4. The van der Waals surface area contributed by atoms with E-state index in [1.807, 2.05) is 28.8 Å². The van der Waals surface area contributed by atoms with Gasteiger partial charge in [-0.25, -0.2) is 4.39 Å². The van der Waals surface area contributed by atoms with Gasteiger partial charge < -0.3 is 0 Å². The molecule has 2 heterocycles. The molecule has 0 N–H and O–H groups in total. The molecule has 0 saturated carbocycles. The van der Waals surface area contributed by atoms with E-state index in [9.17, 15) is 9.65 Å². The highest BCUT2D eigenvalue weighted by Gasteiger charge is 2.25. The molecular weight excluding hydrogens is 397 g/mol. The van der Waals surface area contributed by atoms with E-state index in [1.54, 1.807) is 12.1 Å². The van der Waals surface area contributed by atoms with Crippen molar-refractivity contribution in [2.75, 3.05) is 13.1 Å². The minimum Gasteiger partial charge on any atom is -0.294 e. The number of aromatic nitrogens is 3. The third kappa shape index (κ3) is 4.40. The Morgan fingerprint density at radius 3 is 2.53 bits per heavy atom. The lowest BCUT2D eigenvalue weighted by Crippen LogP contribution is -2.33. The monoisotopic (exact) mass is 421 g/mol. The van der Waals surface area contributed by atoms with Gasteiger partial charge in [0.25, 0.3) is 0 Å². The quantitative estimate of drug-likeness (QED) is 0.517. The number of thioether (sulfide) groups is 1. The minimum absolute atomic E-state index is 0.114. The van der Waals surface area contributed by atoms with Crippen molar-refractivity contribution in [2.24, 2.45) is 0 Å². The van der Waals surface area contributed by atoms with E-state index in [0.29, 0.717) is 11.3 Å². The van der Waals surface area contributed by atoms with Crippen molar-refractivity contribution in [3.8, 4) is 11.8 Å². The zero-order valence-corrected chi connectivity index (χ0v) is 17.8. The SMILES string of the molecule is C[C@@H](c1nnc(SCc2ccccc2C#N)n1-c1ccc(F)cc1)N1CCCCC1. The smallest absolute Gasteiger partial charge is 0.196 e. The van der Waals surface area contributed by atoms with Crippen molar-refractivity contribution in [1.82, 2.24) is 19.7 Å². The first-order chi connectivity index (χ1) is 14.7. The van der Waals surface area contributed by atoms with Crippen LogP contribution in [0.1, 0.15) is 49.2 Å². The number of halogens is 1. The van der Waals surface area contributed by atoms with Crippen molar-refractivity contribution in [2.45, 2.75) is 43.1 Å². The summed E-state index contributed by atoms with van der Waals surface area (Å²) in [7, 11) is 0. The maximum Gasteiger partial charge on any atom is 0.196 e. The molecule has 4 rings (SSSR count). The predicted octanol–water partition coefficient (Wildman–Crippen LogP) is 5.12. The summed E-state index contributed by atoms with van der Waals surface area (Å²) in [6.45, 7) is 4.26. The zero-order valence-electron chi connectivity index (χ0n) is 17.0. The molecule has 1 fully saturated rings. The molecule has 0 bridgehead atoms. The molecule has 154 valence electrons. The maximum atomic E-state index is 13.5. The molecule has 0 amide bonds. The lowest BCUT2D eigenvalue weighted by atomic mass is 10.1. The van der Waals surface area contributed by atoms with Gasteiger partial charge in [-0.05, 0) is 68.8 Å². The molecule has 1 atom stereocenters. The fourth-order valence-electron chi connectivity index (χ4n) is 3.84. The number of rotatable bonds is 6. The second-order valence-corrected chi connectivity index (χ2v) is 8.43. The third-order valence-corrected chi connectivity index (χ3v) is 6.53. The normalized spacial score (nSPS) is 15.6. The van der Waals surface area contributed by atoms with Crippen LogP contribution < -0.4 is 0 Å². The number of nitriles is 1. The Balaban J connectivity index is 1.67. The lowest BCUT2D eigenvalue weighted by Gasteiger charge is -2.31. The summed E-state index contributed by atoms with van der Waals surface area (Å²) in [4.78, 5) is 2.44. The molecule has 0 aliphatic carbocycles. The highest BCUT2D eigenvalue weighted by atomic mass is 32.2. The molecule has 1 aliphatic heterocycles. The van der Waals surface area contributed by atoms with E-state index < -0.39 is 0 Å². The van der Waals surface area contributed by atoms with Gasteiger partial charge in [-0.3, -0.25) is 9.47 Å². The Hall–Kier alpha value is -2.69. The second-order valence-electron chi connectivity index (χ2n) is 7.48. The minimum atomic E-state index is -0.269. The van der Waals surface area contributed by atoms with E-state index in [1.165, 1.54) is 43.2 Å². The van der Waals surface area contributed by atoms with E-state index in [4.69, 9.17) is 0 Å². The summed E-state index contributed by atoms with van der Waals surface area (Å²) in [5.74, 6) is 1.20. The van der Waals surface area contributed by atoms with Gasteiger partial charge in [0.2, 0.25) is 0 Å². The van der Waals surface area contributed by atoms with Crippen LogP contribution in [-0.4, -0.2) is 32.8 Å². The van der Waals surface area contributed by atoms with Crippen LogP contribution in [0.3, 0.4) is 0 Å². The number of hydrogen-bond donors (Lipinski definition) is 0. The lowest BCUT2D eigenvalue weighted by molar-refractivity contribution is 0.167. The Morgan fingerprint density at radius 1 is 1.07 bits per heavy atom. The standard InChI is InChI=1S/C23H24FN5S/c1-17(28-13-5-2-6-14-28)22-26-27-23(29(22)21-11-9-20(24)10-12-21)30-16-19-8-4-3-7-18(19)15-25/h3-4,7-12,17H,2,5-6,13-14,16H2,1H3/t17-/m0/s1. The fourth-order valence-corrected chi connectivity index (χ4v) is 4.81. The van der Waals surface area contributed by atoms with Gasteiger partial charge in [-0.15, -0.1) is 10.2 Å². The van der Waals surface area contributed by atoms with Crippen molar-refractivity contribution < 1.29 is 4.39 Å². The molecule has 0 spiro atoms. The van der Waals surface area contributed by atoms with Crippen molar-refractivity contribution in [1.29, 1.82) is 5.26 Å². The molecule has 2 aromatic carbocycles. The predicted molar refractivity (Wildman–Crippen MR) is 116 cm³/mol. The maximum absolute atomic E-state index is 13.5. The molecule has 1 aromatic heterocycles. The topological polar surface area (TPSA) is 57.7 Å². The van der Waals surface area contributed by atoms with Crippen molar-refractivity contribution >= 4 is 11.8 Å². The molecule has 0 radical (unpaired) electrons. The molecule has 1 saturated heterocycles. The molecule has 30 heavy (non-hydrogen) atoms. The largest absolute Gasteiger partial charge is 0.294 e. The number of hydrogen-bond acceptors (Lipinski definition) is 5. The third-order valence-electron chi connectivity index (χ3n) is 5.55. The highest BCUT2D eigenvalue weighted by Crippen LogP contribution is 2.31. The van der Waals surface area contributed by atoms with Crippen LogP contribution in [-0.2, 0) is 5.75 Å². The molecule has 3 aromatic rings. The zero-order chi connectivity index (χ0) is 20.9. The van der Waals surface area contributed by atoms with Gasteiger partial charge in [0, 0.05) is 11.4 Å². The molecular formula is C23H24FN5S. The highest BCUT2D eigenvalue weighted by molar-refractivity contribution is 7.98. The van der Waals surface area contributed by atoms with Gasteiger partial charge in [0.05, 0.1) is 17.7 Å². The molecule has 7 heteroatoms. The van der Waals surface area contributed by atoms with Crippen molar-refractivity contribution in [3.63, 3.8) is 0 Å². The summed E-state index contributed by atoms with van der Waals surface area (Å²) in [5, 5.41) is 19.1. The van der Waals surface area contributed by atoms with Gasteiger partial charge in [-0.2, -0.15) is 5.26 Å². The van der Waals surface area contributed by atoms with E-state index in [2.05, 4.69) is 28.1 Å². The molecule has 1 aliphatic rings. The first-order valence-corrected chi connectivity index (χ1v) is 11.2. The summed E-state index contributed by atoms with van der Waals surface area (Å²) >= 11 is 1.54.